The lowest BCUT2D eigenvalue weighted by Gasteiger charge is -2.12. The van der Waals surface area contributed by atoms with E-state index in [-0.39, 0.29) is 18.6 Å². The van der Waals surface area contributed by atoms with E-state index in [4.69, 9.17) is 5.11 Å². The molecule has 1 aromatic heterocycles. The van der Waals surface area contributed by atoms with Gasteiger partial charge in [0.2, 0.25) is 0 Å². The van der Waals surface area contributed by atoms with E-state index in [0.29, 0.717) is 12.1 Å². The molecule has 0 aliphatic rings. The van der Waals surface area contributed by atoms with Gasteiger partial charge in [-0.3, -0.25) is 4.79 Å². The summed E-state index contributed by atoms with van der Waals surface area (Å²) in [5.74, 6) is -0.198. The highest BCUT2D eigenvalue weighted by molar-refractivity contribution is 5.92. The van der Waals surface area contributed by atoms with Crippen LogP contribution in [0.1, 0.15) is 35.9 Å². The molecule has 0 spiro atoms. The Morgan fingerprint density at radius 2 is 2.31 bits per heavy atom. The summed E-state index contributed by atoms with van der Waals surface area (Å²) in [7, 11) is 0. The van der Waals surface area contributed by atoms with E-state index in [2.05, 4.69) is 15.3 Å². The molecule has 1 atom stereocenters. The number of aliphatic hydroxyl groups excluding tert-OH is 1. The molecule has 88 valence electrons. The first kappa shape index (κ1) is 12.6. The number of amides is 1. The lowest BCUT2D eigenvalue weighted by Crippen LogP contribution is -2.33. The summed E-state index contributed by atoms with van der Waals surface area (Å²) in [6.07, 6.45) is 2.82. The minimum absolute atomic E-state index is 0.0370. The monoisotopic (exact) mass is 223 g/mol. The summed E-state index contributed by atoms with van der Waals surface area (Å²) in [4.78, 5) is 19.5. The van der Waals surface area contributed by atoms with Gasteiger partial charge < -0.3 is 10.4 Å². The van der Waals surface area contributed by atoms with E-state index in [1.807, 2.05) is 13.8 Å². The average molecular weight is 223 g/mol. The number of hydrogen-bond acceptors (Lipinski definition) is 4. The maximum absolute atomic E-state index is 11.7. The van der Waals surface area contributed by atoms with Crippen LogP contribution in [0.3, 0.4) is 0 Å². The van der Waals surface area contributed by atoms with Crippen LogP contribution in [-0.2, 0) is 0 Å². The van der Waals surface area contributed by atoms with Crippen LogP contribution in [0, 0.1) is 6.92 Å². The summed E-state index contributed by atoms with van der Waals surface area (Å²) in [5, 5.41) is 11.5. The summed E-state index contributed by atoms with van der Waals surface area (Å²) in [6, 6.07) is 1.68. The minimum Gasteiger partial charge on any atom is -0.396 e. The first-order valence-corrected chi connectivity index (χ1v) is 5.34. The van der Waals surface area contributed by atoms with Crippen molar-refractivity contribution in [3.05, 3.63) is 23.8 Å². The van der Waals surface area contributed by atoms with Crippen molar-refractivity contribution in [1.29, 1.82) is 0 Å². The van der Waals surface area contributed by atoms with Gasteiger partial charge in [0.25, 0.3) is 5.91 Å². The second-order valence-electron chi connectivity index (χ2n) is 3.78. The molecule has 0 radical (unpaired) electrons. The molecule has 0 saturated heterocycles. The number of aromatic nitrogens is 2. The third kappa shape index (κ3) is 3.94. The number of aryl methyl sites for hydroxylation is 1. The molecule has 0 bridgehead atoms. The van der Waals surface area contributed by atoms with Gasteiger partial charge in [-0.2, -0.15) is 0 Å². The van der Waals surface area contributed by atoms with E-state index < -0.39 is 0 Å². The fraction of sp³-hybridized carbons (Fsp3) is 0.545. The molecule has 16 heavy (non-hydrogen) atoms. The van der Waals surface area contributed by atoms with Crippen LogP contribution < -0.4 is 5.32 Å². The molecular formula is C11H17N3O2. The van der Waals surface area contributed by atoms with Gasteiger partial charge in [0.1, 0.15) is 12.0 Å². The van der Waals surface area contributed by atoms with Crippen molar-refractivity contribution in [3.63, 3.8) is 0 Å². The molecule has 1 unspecified atom stereocenters. The van der Waals surface area contributed by atoms with Crippen molar-refractivity contribution in [1.82, 2.24) is 15.3 Å². The topological polar surface area (TPSA) is 75.1 Å². The molecule has 1 rings (SSSR count). The lowest BCUT2D eigenvalue weighted by molar-refractivity contribution is 0.0931. The highest BCUT2D eigenvalue weighted by Crippen LogP contribution is 2.00. The van der Waals surface area contributed by atoms with E-state index in [1.54, 1.807) is 6.07 Å². The summed E-state index contributed by atoms with van der Waals surface area (Å²) in [5.41, 5.74) is 1.14. The Morgan fingerprint density at radius 3 is 2.94 bits per heavy atom. The van der Waals surface area contributed by atoms with Gasteiger partial charge in [-0.25, -0.2) is 9.97 Å². The number of hydrogen-bond donors (Lipinski definition) is 2. The normalized spacial score (nSPS) is 12.2. The van der Waals surface area contributed by atoms with Crippen molar-refractivity contribution in [3.8, 4) is 0 Å². The van der Waals surface area contributed by atoms with Crippen molar-refractivity contribution < 1.29 is 9.90 Å². The second-order valence-corrected chi connectivity index (χ2v) is 3.78. The third-order valence-electron chi connectivity index (χ3n) is 2.21. The number of carbonyl (C=O) groups is 1. The van der Waals surface area contributed by atoms with Crippen molar-refractivity contribution in [2.45, 2.75) is 32.7 Å². The van der Waals surface area contributed by atoms with Gasteiger partial charge >= 0.3 is 0 Å². The number of rotatable bonds is 5. The smallest absolute Gasteiger partial charge is 0.270 e. The fourth-order valence-electron chi connectivity index (χ4n) is 1.35. The molecule has 1 heterocycles. The first-order valence-electron chi connectivity index (χ1n) is 5.34. The largest absolute Gasteiger partial charge is 0.396 e. The molecule has 5 nitrogen and oxygen atoms in total. The van der Waals surface area contributed by atoms with Crippen LogP contribution in [-0.4, -0.2) is 33.6 Å². The summed E-state index contributed by atoms with van der Waals surface area (Å²) in [6.45, 7) is 3.86. The molecular weight excluding hydrogens is 206 g/mol. The van der Waals surface area contributed by atoms with Gasteiger partial charge in [0.15, 0.2) is 0 Å². The second kappa shape index (κ2) is 6.17. The average Bonchev–Trinajstić information content (AvgIpc) is 2.26. The zero-order valence-corrected chi connectivity index (χ0v) is 9.60. The molecule has 0 fully saturated rings. The SMILES string of the molecule is Cc1cc(C(=O)NC(C)CCCO)ncn1. The molecule has 2 N–H and O–H groups in total. The Bertz CT molecular complexity index is 355. The summed E-state index contributed by atoms with van der Waals surface area (Å²) >= 11 is 0. The third-order valence-corrected chi connectivity index (χ3v) is 2.21. The Labute approximate surface area is 94.9 Å². The van der Waals surface area contributed by atoms with E-state index in [9.17, 15) is 4.79 Å². The van der Waals surface area contributed by atoms with Crippen LogP contribution in [0.15, 0.2) is 12.4 Å². The molecule has 5 heteroatoms. The highest BCUT2D eigenvalue weighted by atomic mass is 16.2. The molecule has 0 aliphatic carbocycles. The van der Waals surface area contributed by atoms with Gasteiger partial charge in [0.05, 0.1) is 0 Å². The lowest BCUT2D eigenvalue weighted by atomic mass is 10.2. The van der Waals surface area contributed by atoms with Crippen LogP contribution in [0.4, 0.5) is 0 Å². The Morgan fingerprint density at radius 1 is 1.56 bits per heavy atom. The van der Waals surface area contributed by atoms with Gasteiger partial charge in [-0.1, -0.05) is 0 Å². The number of aliphatic hydroxyl groups is 1. The van der Waals surface area contributed by atoms with Gasteiger partial charge in [0, 0.05) is 18.3 Å². The Hall–Kier alpha value is -1.49. The van der Waals surface area contributed by atoms with Crippen LogP contribution >= 0.6 is 0 Å². The number of carbonyl (C=O) groups excluding carboxylic acids is 1. The first-order chi connectivity index (χ1) is 7.63. The van der Waals surface area contributed by atoms with E-state index in [1.165, 1.54) is 6.33 Å². The van der Waals surface area contributed by atoms with Crippen LogP contribution in [0.25, 0.3) is 0 Å². The van der Waals surface area contributed by atoms with E-state index >= 15 is 0 Å². The van der Waals surface area contributed by atoms with Crippen molar-refractivity contribution in [2.24, 2.45) is 0 Å². The van der Waals surface area contributed by atoms with Crippen molar-refractivity contribution in [2.75, 3.05) is 6.61 Å². The quantitative estimate of drug-likeness (QED) is 0.769. The standard InChI is InChI=1S/C11H17N3O2/c1-8(4-3-5-15)14-11(16)10-6-9(2)12-7-13-10/h6-8,15H,3-5H2,1-2H3,(H,14,16). The maximum atomic E-state index is 11.7. The van der Waals surface area contributed by atoms with Gasteiger partial charge in [-0.05, 0) is 32.8 Å². The number of nitrogens with zero attached hydrogens (tertiary/aromatic N) is 2. The predicted octanol–water partition coefficient (Wildman–Crippen LogP) is 0.676. The predicted molar refractivity (Wildman–Crippen MR) is 60.0 cm³/mol. The van der Waals surface area contributed by atoms with Gasteiger partial charge in [-0.15, -0.1) is 0 Å². The molecule has 0 aliphatic heterocycles. The Kier molecular flexibility index (Phi) is 4.85. The molecule has 1 amide bonds. The number of nitrogens with one attached hydrogen (secondary N) is 1. The minimum atomic E-state index is -0.198. The molecule has 1 aromatic rings. The zero-order valence-electron chi connectivity index (χ0n) is 9.60. The van der Waals surface area contributed by atoms with Crippen LogP contribution in [0.5, 0.6) is 0 Å². The zero-order chi connectivity index (χ0) is 12.0. The van der Waals surface area contributed by atoms with Crippen molar-refractivity contribution >= 4 is 5.91 Å². The molecule has 0 saturated carbocycles. The molecule has 0 aromatic carbocycles. The highest BCUT2D eigenvalue weighted by Gasteiger charge is 2.10. The van der Waals surface area contributed by atoms with Crippen LogP contribution in [0.2, 0.25) is 0 Å². The van der Waals surface area contributed by atoms with E-state index in [0.717, 1.165) is 12.1 Å². The summed E-state index contributed by atoms with van der Waals surface area (Å²) < 4.78 is 0. The fourth-order valence-corrected chi connectivity index (χ4v) is 1.35. The Balaban J connectivity index is 2.52. The maximum Gasteiger partial charge on any atom is 0.270 e.